The summed E-state index contributed by atoms with van der Waals surface area (Å²) in [6.07, 6.45) is 55.3. The van der Waals surface area contributed by atoms with Gasteiger partial charge in [-0.2, -0.15) is 14.8 Å². The second-order valence-electron chi connectivity index (χ2n) is 27.9. The maximum atomic E-state index is 10.5. The molecule has 8 unspecified atom stereocenters. The van der Waals surface area contributed by atoms with Crippen molar-refractivity contribution < 1.29 is 65.7 Å². The largest absolute Gasteiger partial charge is 1.00 e. The van der Waals surface area contributed by atoms with Gasteiger partial charge in [0.2, 0.25) is 0 Å². The van der Waals surface area contributed by atoms with E-state index in [-0.39, 0.29) is 49.1 Å². The van der Waals surface area contributed by atoms with E-state index in [4.69, 9.17) is 61.7 Å². The van der Waals surface area contributed by atoms with E-state index in [0.717, 1.165) is 162 Å². The molecule has 14 atom stereocenters. The summed E-state index contributed by atoms with van der Waals surface area (Å²) in [7, 11) is -3.02. The Morgan fingerprint density at radius 1 is 0.558 bits per heavy atom. The van der Waals surface area contributed by atoms with Crippen LogP contribution in [0.1, 0.15) is 292 Å². The first-order valence-corrected chi connectivity index (χ1v) is 42.1. The van der Waals surface area contributed by atoms with Crippen LogP contribution in [0.25, 0.3) is 0 Å². The van der Waals surface area contributed by atoms with Gasteiger partial charge in [-0.25, -0.2) is 0 Å². The van der Waals surface area contributed by atoms with Gasteiger partial charge in [-0.3, -0.25) is 4.55 Å². The van der Waals surface area contributed by atoms with Crippen molar-refractivity contribution >= 4 is 55.9 Å². The molecule has 6 saturated carbocycles. The fourth-order valence-electron chi connectivity index (χ4n) is 12.8. The number of rotatable bonds is 35. The van der Waals surface area contributed by atoms with Crippen LogP contribution in [-0.4, -0.2) is 98.9 Å². The third-order valence-corrected chi connectivity index (χ3v) is 21.7. The Labute approximate surface area is 623 Å². The van der Waals surface area contributed by atoms with Crippen LogP contribution in [0.5, 0.6) is 0 Å². The molecule has 3 aliphatic heterocycles. The molecule has 0 aromatic heterocycles. The van der Waals surface area contributed by atoms with E-state index in [9.17, 15) is 8.42 Å². The van der Waals surface area contributed by atoms with E-state index >= 15 is 0 Å². The van der Waals surface area contributed by atoms with Gasteiger partial charge in [-0.05, 0) is 238 Å². The second-order valence-corrected chi connectivity index (χ2v) is 31.1. The summed E-state index contributed by atoms with van der Waals surface area (Å²) in [4.78, 5) is -0.0666. The maximum Gasteiger partial charge on any atom is 1.00 e. The number of unbranched alkanes of at least 4 members (excludes halogenated alkanes) is 11. The van der Waals surface area contributed by atoms with Gasteiger partial charge in [0.05, 0.1) is 10.2 Å². The number of aliphatic hydroxyl groups excluding tert-OH is 2. The summed E-state index contributed by atoms with van der Waals surface area (Å²) in [5.41, 5.74) is 0.956. The van der Waals surface area contributed by atoms with Crippen molar-refractivity contribution in [1.82, 2.24) is 0 Å². The fourth-order valence-corrected chi connectivity index (χ4v) is 14.4. The molecule has 95 heavy (non-hydrogen) atoms. The predicted molar refractivity (Wildman–Crippen MR) is 412 cm³/mol. The minimum absolute atomic E-state index is 0. The zero-order chi connectivity index (χ0) is 68.7. The van der Waals surface area contributed by atoms with E-state index in [1.807, 2.05) is 19.1 Å². The molecule has 15 heteroatoms. The topological polar surface area (TPSA) is 141 Å². The zero-order valence-corrected chi connectivity index (χ0v) is 66.1. The normalized spacial score (nSPS) is 27.1. The number of hydrogen-bond acceptors (Lipinski definition) is 9. The van der Waals surface area contributed by atoms with Gasteiger partial charge in [0, 0.05) is 57.8 Å². The standard InChI is InChI=1S/C14H26.C13H23I.C13H24O.2C11H20O2.C7H8O3S.C4H8O.C4H9.CH2Cl2.CH4O.CH4.Li/c1-3-5-6-7-12-9-14(12)10-13-8-11(13)4-2;2*1-2-3-4-5-10-6-11(10)7-12-8-13(12)9-14;2*1-2-3-4-6-9-12-11-8-5-7-10-13-11;1-6-2-4-7(5-3-6)11(8,9)10;1-2-4-5-3-1;1-3-4-2;2-1-3;1-2;;/h11-14H,3-10H2,1-2H3;10-13H,2-9H2,1H3;10-14H,2-9H2,1H3;2*2,11H,1,3-10H2;2-5H,1H3,(H,8,9,10);1-4H2;1,3-4H2,2H3;1H2;2H,1H3;1H4;/q;;;;;;;-1;;;;+1/t11-,12?,13?,14-;2*10?,11-,12?,13+;;;;;;;;;/m111........./s1. The molecule has 0 spiro atoms. The number of aryl methyl sites for hydroxylation is 1. The molecule has 9 fully saturated rings. The Balaban J connectivity index is 0. The minimum atomic E-state index is -4.02. The molecule has 0 radical (unpaired) electrons. The molecule has 10 nitrogen and oxygen atoms in total. The van der Waals surface area contributed by atoms with Gasteiger partial charge in [0.25, 0.3) is 10.1 Å². The fraction of sp³-hybridized carbons (Fsp3) is 0.863. The molecule has 556 valence electrons. The first-order chi connectivity index (χ1) is 45.2. The summed E-state index contributed by atoms with van der Waals surface area (Å²) in [5.74, 6) is 12.9. The molecule has 1 aromatic carbocycles. The number of alkyl halides is 3. The van der Waals surface area contributed by atoms with Gasteiger partial charge < -0.3 is 40.8 Å². The summed E-state index contributed by atoms with van der Waals surface area (Å²) >= 11 is 12.1. The van der Waals surface area contributed by atoms with E-state index in [0.29, 0.717) is 12.5 Å². The maximum absolute atomic E-state index is 10.5. The minimum Gasteiger partial charge on any atom is -0.400 e. The smallest absolute Gasteiger partial charge is 0.400 e. The van der Waals surface area contributed by atoms with Crippen LogP contribution in [0, 0.1) is 84.9 Å². The van der Waals surface area contributed by atoms with Crippen LogP contribution in [0.3, 0.4) is 0 Å². The Kier molecular flexibility index (Phi) is 66.6. The summed E-state index contributed by atoms with van der Waals surface area (Å²) in [6, 6.07) is 5.99. The average Bonchev–Trinajstić information content (AvgIpc) is 1.67. The van der Waals surface area contributed by atoms with Gasteiger partial charge in [0.15, 0.2) is 12.6 Å². The Morgan fingerprint density at radius 2 is 0.916 bits per heavy atom. The van der Waals surface area contributed by atoms with Crippen LogP contribution in [0.2, 0.25) is 0 Å². The zero-order valence-electron chi connectivity index (χ0n) is 61.6. The number of hydrogen-bond donors (Lipinski definition) is 3. The predicted octanol–water partition coefficient (Wildman–Crippen LogP) is 20.6. The molecule has 3 saturated heterocycles. The van der Waals surface area contributed by atoms with Gasteiger partial charge >= 0.3 is 18.9 Å². The molecule has 3 heterocycles. The molecular weight excluding hydrogens is 1360 g/mol. The third kappa shape index (κ3) is 54.5. The molecule has 3 N–H and O–H groups in total. The van der Waals surface area contributed by atoms with Crippen molar-refractivity contribution in [2.75, 3.05) is 63.1 Å². The van der Waals surface area contributed by atoms with E-state index in [1.54, 1.807) is 63.5 Å². The number of halogens is 3. The van der Waals surface area contributed by atoms with Gasteiger partial charge in [-0.1, -0.05) is 184 Å². The van der Waals surface area contributed by atoms with Crippen LogP contribution in [-0.2, 0) is 33.8 Å². The first kappa shape index (κ1) is 97.3. The van der Waals surface area contributed by atoms with E-state index < -0.39 is 10.1 Å². The third-order valence-electron chi connectivity index (χ3n) is 19.7. The summed E-state index contributed by atoms with van der Waals surface area (Å²) in [6.45, 7) is 30.0. The molecule has 9 aliphatic rings. The van der Waals surface area contributed by atoms with Crippen LogP contribution >= 0.6 is 45.8 Å². The number of benzene rings is 1. The monoisotopic (exact) mass is 1500 g/mol. The number of ether oxygens (including phenoxy) is 5. The van der Waals surface area contributed by atoms with Crippen molar-refractivity contribution in [1.29, 1.82) is 0 Å². The van der Waals surface area contributed by atoms with Crippen LogP contribution in [0.4, 0.5) is 0 Å². The Bertz CT molecular complexity index is 1810. The van der Waals surface area contributed by atoms with Gasteiger partial charge in [-0.15, -0.1) is 36.4 Å². The van der Waals surface area contributed by atoms with Crippen molar-refractivity contribution in [3.63, 3.8) is 0 Å². The molecule has 6 aliphatic carbocycles. The Hall–Kier alpha value is 0.237. The number of allylic oxidation sites excluding steroid dienone is 2. The first-order valence-electron chi connectivity index (χ1n) is 38.1. The molecule has 0 bridgehead atoms. The average molecular weight is 1510 g/mol. The van der Waals surface area contributed by atoms with E-state index in [1.165, 1.54) is 164 Å². The summed E-state index contributed by atoms with van der Waals surface area (Å²) < 4.78 is 57.9. The molecular formula is C80H148Cl2ILiO10S. The molecule has 0 amide bonds. The van der Waals surface area contributed by atoms with Gasteiger partial charge in [0.1, 0.15) is 0 Å². The van der Waals surface area contributed by atoms with Crippen molar-refractivity contribution in [3.8, 4) is 0 Å². The number of aliphatic hydroxyl groups is 2. The van der Waals surface area contributed by atoms with Crippen molar-refractivity contribution in [2.24, 2.45) is 71.0 Å². The Morgan fingerprint density at radius 3 is 1.20 bits per heavy atom. The molecule has 10 rings (SSSR count). The second kappa shape index (κ2) is 65.0. The quantitative estimate of drug-likeness (QED) is 0.0114. The summed E-state index contributed by atoms with van der Waals surface area (Å²) in [5, 5.41) is 16.1. The van der Waals surface area contributed by atoms with Crippen LogP contribution < -0.4 is 18.9 Å². The molecule has 1 aromatic rings. The van der Waals surface area contributed by atoms with Crippen molar-refractivity contribution in [2.45, 2.75) is 310 Å². The SMILES string of the molecule is C.C1CCOC1.C=CCCCCOC1CCCCO1.C=CCCCCOC1CCCCO1.CCCCCC1C[C@@H]1CC1C[C@H]1CC.CCCCCC1C[C@@H]1CC1C[C@H]1CI.CCCCCC1C[C@@H]1CC1C[C@H]1CO.CO.Cc1ccc(S(=O)(=O)O)cc1.ClCCl.[CH2-]CCC.[Li+]. The van der Waals surface area contributed by atoms with Crippen molar-refractivity contribution in [3.05, 3.63) is 62.1 Å². The van der Waals surface area contributed by atoms with Crippen LogP contribution in [0.15, 0.2) is 54.5 Å². The van der Waals surface area contributed by atoms with E-state index in [2.05, 4.69) is 77.3 Å².